The standard InChI is InChI=1S/C19H21BrN2O3/c1-12(2)18(22-19(23)14-8-15(20)11-21-10-14)13-4-5-16-17(9-13)25-7-3-6-24-16/h4-5,8-12,18H,3,6-7H2,1-2H3,(H,22,23)/t18-/m1/s1. The van der Waals surface area contributed by atoms with Gasteiger partial charge in [0.05, 0.1) is 24.8 Å². The molecule has 1 aliphatic heterocycles. The maximum Gasteiger partial charge on any atom is 0.253 e. The smallest absolute Gasteiger partial charge is 0.253 e. The molecule has 0 unspecified atom stereocenters. The van der Waals surface area contributed by atoms with E-state index in [1.165, 1.54) is 0 Å². The normalized spacial score (nSPS) is 14.7. The lowest BCUT2D eigenvalue weighted by molar-refractivity contribution is 0.0925. The van der Waals surface area contributed by atoms with E-state index < -0.39 is 0 Å². The lowest BCUT2D eigenvalue weighted by atomic mass is 9.95. The zero-order valence-electron chi connectivity index (χ0n) is 14.3. The Hall–Kier alpha value is -2.08. The summed E-state index contributed by atoms with van der Waals surface area (Å²) in [5.41, 5.74) is 1.52. The van der Waals surface area contributed by atoms with E-state index in [1.54, 1.807) is 18.5 Å². The molecule has 3 rings (SSSR count). The Labute approximate surface area is 155 Å². The summed E-state index contributed by atoms with van der Waals surface area (Å²) < 4.78 is 12.2. The zero-order valence-corrected chi connectivity index (χ0v) is 15.9. The molecule has 0 aliphatic carbocycles. The molecule has 1 aliphatic rings. The van der Waals surface area contributed by atoms with Crippen molar-refractivity contribution in [2.24, 2.45) is 5.92 Å². The van der Waals surface area contributed by atoms with Crippen LogP contribution in [0.1, 0.15) is 42.2 Å². The number of halogens is 1. The molecule has 0 fully saturated rings. The Morgan fingerprint density at radius 1 is 1.16 bits per heavy atom. The van der Waals surface area contributed by atoms with E-state index in [0.29, 0.717) is 18.8 Å². The maximum absolute atomic E-state index is 12.6. The Morgan fingerprint density at radius 2 is 1.92 bits per heavy atom. The number of hydrogen-bond donors (Lipinski definition) is 1. The molecular weight excluding hydrogens is 384 g/mol. The van der Waals surface area contributed by atoms with Crippen LogP contribution in [0, 0.1) is 5.92 Å². The van der Waals surface area contributed by atoms with Crippen molar-refractivity contribution in [3.05, 3.63) is 52.3 Å². The van der Waals surface area contributed by atoms with E-state index in [4.69, 9.17) is 9.47 Å². The summed E-state index contributed by atoms with van der Waals surface area (Å²) in [5.74, 6) is 1.55. The molecule has 0 saturated heterocycles. The van der Waals surface area contributed by atoms with Crippen molar-refractivity contribution in [1.29, 1.82) is 0 Å². The van der Waals surface area contributed by atoms with Gasteiger partial charge in [0.1, 0.15) is 0 Å². The van der Waals surface area contributed by atoms with Gasteiger partial charge in [0.15, 0.2) is 11.5 Å². The van der Waals surface area contributed by atoms with Crippen LogP contribution in [0.5, 0.6) is 11.5 Å². The van der Waals surface area contributed by atoms with Gasteiger partial charge in [0.25, 0.3) is 5.91 Å². The van der Waals surface area contributed by atoms with Gasteiger partial charge in [-0.25, -0.2) is 0 Å². The Balaban J connectivity index is 1.84. The van der Waals surface area contributed by atoms with E-state index >= 15 is 0 Å². The number of nitrogens with zero attached hydrogens (tertiary/aromatic N) is 1. The zero-order chi connectivity index (χ0) is 17.8. The fraction of sp³-hybridized carbons (Fsp3) is 0.368. The average molecular weight is 405 g/mol. The van der Waals surface area contributed by atoms with Crippen LogP contribution in [0.2, 0.25) is 0 Å². The second-order valence-electron chi connectivity index (χ2n) is 6.34. The molecular formula is C19H21BrN2O3. The highest BCUT2D eigenvalue weighted by Gasteiger charge is 2.22. The highest BCUT2D eigenvalue weighted by Crippen LogP contribution is 2.34. The molecule has 132 valence electrons. The number of carbonyl (C=O) groups excluding carboxylic acids is 1. The number of aromatic nitrogens is 1. The molecule has 2 aromatic rings. The molecule has 0 spiro atoms. The molecule has 2 heterocycles. The third-order valence-corrected chi connectivity index (χ3v) is 4.48. The number of benzene rings is 1. The average Bonchev–Trinajstić information content (AvgIpc) is 2.83. The highest BCUT2D eigenvalue weighted by molar-refractivity contribution is 9.10. The number of pyridine rings is 1. The summed E-state index contributed by atoms with van der Waals surface area (Å²) in [7, 11) is 0. The molecule has 1 aromatic heterocycles. The quantitative estimate of drug-likeness (QED) is 0.831. The van der Waals surface area contributed by atoms with Crippen LogP contribution in [0.4, 0.5) is 0 Å². The van der Waals surface area contributed by atoms with Crippen LogP contribution in [0.25, 0.3) is 0 Å². The van der Waals surface area contributed by atoms with E-state index in [1.807, 2.05) is 18.2 Å². The summed E-state index contributed by atoms with van der Waals surface area (Å²) in [5, 5.41) is 3.10. The van der Waals surface area contributed by atoms with Crippen molar-refractivity contribution in [1.82, 2.24) is 10.3 Å². The van der Waals surface area contributed by atoms with Crippen molar-refractivity contribution in [3.8, 4) is 11.5 Å². The minimum absolute atomic E-state index is 0.136. The molecule has 0 bridgehead atoms. The Morgan fingerprint density at radius 3 is 2.64 bits per heavy atom. The first-order valence-electron chi connectivity index (χ1n) is 8.35. The molecule has 5 nitrogen and oxygen atoms in total. The topological polar surface area (TPSA) is 60.5 Å². The number of rotatable bonds is 4. The van der Waals surface area contributed by atoms with Crippen LogP contribution < -0.4 is 14.8 Å². The minimum atomic E-state index is -0.153. The number of ether oxygens (including phenoxy) is 2. The number of nitrogens with one attached hydrogen (secondary N) is 1. The minimum Gasteiger partial charge on any atom is -0.490 e. The van der Waals surface area contributed by atoms with Crippen molar-refractivity contribution in [3.63, 3.8) is 0 Å². The van der Waals surface area contributed by atoms with Gasteiger partial charge in [-0.15, -0.1) is 0 Å². The van der Waals surface area contributed by atoms with E-state index in [0.717, 1.165) is 28.0 Å². The largest absolute Gasteiger partial charge is 0.490 e. The second kappa shape index (κ2) is 7.87. The third kappa shape index (κ3) is 4.31. The van der Waals surface area contributed by atoms with E-state index in [9.17, 15) is 4.79 Å². The van der Waals surface area contributed by atoms with Crippen molar-refractivity contribution < 1.29 is 14.3 Å². The fourth-order valence-corrected chi connectivity index (χ4v) is 3.13. The molecule has 1 amide bonds. The van der Waals surface area contributed by atoms with Crippen molar-refractivity contribution in [2.75, 3.05) is 13.2 Å². The fourth-order valence-electron chi connectivity index (χ4n) is 2.77. The summed E-state index contributed by atoms with van der Waals surface area (Å²) in [6.45, 7) is 5.45. The lowest BCUT2D eigenvalue weighted by Crippen LogP contribution is -2.31. The number of hydrogen-bond acceptors (Lipinski definition) is 4. The maximum atomic E-state index is 12.6. The van der Waals surface area contributed by atoms with Crippen molar-refractivity contribution in [2.45, 2.75) is 26.3 Å². The Kier molecular flexibility index (Phi) is 5.58. The number of carbonyl (C=O) groups is 1. The predicted molar refractivity (Wildman–Crippen MR) is 99.0 cm³/mol. The second-order valence-corrected chi connectivity index (χ2v) is 7.26. The van der Waals surface area contributed by atoms with Crippen LogP contribution in [-0.4, -0.2) is 24.1 Å². The first kappa shape index (κ1) is 17.7. The van der Waals surface area contributed by atoms with Crippen molar-refractivity contribution >= 4 is 21.8 Å². The first-order chi connectivity index (χ1) is 12.0. The SMILES string of the molecule is CC(C)[C@@H](NC(=O)c1cncc(Br)c1)c1ccc2c(c1)OCCCO2. The van der Waals surface area contributed by atoms with Crippen LogP contribution in [0.15, 0.2) is 41.1 Å². The third-order valence-electron chi connectivity index (χ3n) is 4.05. The molecule has 25 heavy (non-hydrogen) atoms. The van der Waals surface area contributed by atoms with Gasteiger partial charge in [-0.05, 0) is 45.6 Å². The predicted octanol–water partition coefficient (Wildman–Crippen LogP) is 4.13. The molecule has 6 heteroatoms. The van der Waals surface area contributed by atoms with Gasteiger partial charge in [-0.3, -0.25) is 9.78 Å². The molecule has 1 N–H and O–H groups in total. The summed E-state index contributed by atoms with van der Waals surface area (Å²) >= 11 is 3.35. The Bertz CT molecular complexity index is 764. The van der Waals surface area contributed by atoms with Crippen LogP contribution in [-0.2, 0) is 0 Å². The molecule has 0 saturated carbocycles. The first-order valence-corrected chi connectivity index (χ1v) is 9.15. The van der Waals surface area contributed by atoms with E-state index in [2.05, 4.69) is 40.1 Å². The monoisotopic (exact) mass is 404 g/mol. The highest BCUT2D eigenvalue weighted by atomic mass is 79.9. The van der Waals surface area contributed by atoms with E-state index in [-0.39, 0.29) is 17.9 Å². The van der Waals surface area contributed by atoms with Gasteiger partial charge in [0.2, 0.25) is 0 Å². The van der Waals surface area contributed by atoms with Gasteiger partial charge in [-0.2, -0.15) is 0 Å². The molecule has 0 radical (unpaired) electrons. The van der Waals surface area contributed by atoms with Gasteiger partial charge < -0.3 is 14.8 Å². The summed E-state index contributed by atoms with van der Waals surface area (Å²) in [4.78, 5) is 16.7. The summed E-state index contributed by atoms with van der Waals surface area (Å²) in [6, 6.07) is 7.48. The molecule has 1 atom stereocenters. The van der Waals surface area contributed by atoms with Gasteiger partial charge >= 0.3 is 0 Å². The van der Waals surface area contributed by atoms with Gasteiger partial charge in [-0.1, -0.05) is 19.9 Å². The van der Waals surface area contributed by atoms with Gasteiger partial charge in [0, 0.05) is 23.3 Å². The van der Waals surface area contributed by atoms with Crippen LogP contribution in [0.3, 0.4) is 0 Å². The lowest BCUT2D eigenvalue weighted by Gasteiger charge is -2.24. The molecule has 1 aromatic carbocycles. The summed E-state index contributed by atoms with van der Waals surface area (Å²) in [6.07, 6.45) is 4.08. The number of amides is 1. The number of fused-ring (bicyclic) bond motifs is 1. The van der Waals surface area contributed by atoms with Crippen LogP contribution >= 0.6 is 15.9 Å².